The lowest BCUT2D eigenvalue weighted by Gasteiger charge is -2.10. The summed E-state index contributed by atoms with van der Waals surface area (Å²) in [4.78, 5) is 12.1. The molecule has 140 valence electrons. The van der Waals surface area contributed by atoms with E-state index in [1.54, 1.807) is 41.2 Å². The summed E-state index contributed by atoms with van der Waals surface area (Å²) in [6.07, 6.45) is 3.84. The molecule has 0 unspecified atom stereocenters. The van der Waals surface area contributed by atoms with Crippen molar-refractivity contribution in [3.63, 3.8) is 0 Å². The molecule has 2 aromatic carbocycles. The van der Waals surface area contributed by atoms with E-state index in [9.17, 15) is 4.79 Å². The molecule has 0 spiro atoms. The summed E-state index contributed by atoms with van der Waals surface area (Å²) in [5.74, 6) is 1.20. The number of amides is 1. The highest BCUT2D eigenvalue weighted by molar-refractivity contribution is 6.30. The molecule has 0 saturated carbocycles. The lowest BCUT2D eigenvalue weighted by Crippen LogP contribution is -2.15. The van der Waals surface area contributed by atoms with Crippen LogP contribution in [0.2, 0.25) is 5.02 Å². The Hall–Kier alpha value is -2.99. The zero-order chi connectivity index (χ0) is 18.9. The first kappa shape index (κ1) is 18.8. The molecule has 1 aromatic heterocycles. The van der Waals surface area contributed by atoms with Gasteiger partial charge in [-0.15, -0.1) is 0 Å². The average Bonchev–Trinajstić information content (AvgIpc) is 3.16. The van der Waals surface area contributed by atoms with Gasteiger partial charge in [0.1, 0.15) is 18.1 Å². The molecule has 7 heteroatoms. The van der Waals surface area contributed by atoms with E-state index < -0.39 is 0 Å². The molecule has 0 fully saturated rings. The number of hydrogen-bond acceptors (Lipinski definition) is 4. The van der Waals surface area contributed by atoms with Crippen molar-refractivity contribution >= 4 is 23.2 Å². The number of anilines is 1. The van der Waals surface area contributed by atoms with Gasteiger partial charge in [0.05, 0.1) is 19.6 Å². The van der Waals surface area contributed by atoms with E-state index in [-0.39, 0.29) is 18.9 Å². The number of carbonyl (C=O) groups is 1. The standard InChI is InChI=1S/C20H20ClN3O3/c21-16-4-1-6-18(14-16)26-12-8-20(25)23-17-5-2-7-19(15-17)27-13-11-24-10-3-9-22-24/h1-7,9-10,14-15H,8,11-13H2,(H,23,25). The van der Waals surface area contributed by atoms with Crippen molar-refractivity contribution in [1.82, 2.24) is 9.78 Å². The fourth-order valence-corrected chi connectivity index (χ4v) is 2.58. The zero-order valence-corrected chi connectivity index (χ0v) is 15.4. The van der Waals surface area contributed by atoms with Crippen LogP contribution in [0.3, 0.4) is 0 Å². The van der Waals surface area contributed by atoms with Crippen LogP contribution in [-0.4, -0.2) is 28.9 Å². The Kier molecular flexibility index (Phi) is 6.71. The quantitative estimate of drug-likeness (QED) is 0.604. The Labute approximate surface area is 162 Å². The Morgan fingerprint density at radius 2 is 1.81 bits per heavy atom. The van der Waals surface area contributed by atoms with Crippen LogP contribution in [0, 0.1) is 0 Å². The predicted molar refractivity (Wildman–Crippen MR) is 104 cm³/mol. The Morgan fingerprint density at radius 3 is 2.59 bits per heavy atom. The van der Waals surface area contributed by atoms with Crippen LogP contribution in [0.15, 0.2) is 67.0 Å². The van der Waals surface area contributed by atoms with Crippen molar-refractivity contribution in [3.8, 4) is 11.5 Å². The Balaban J connectivity index is 1.42. The van der Waals surface area contributed by atoms with E-state index >= 15 is 0 Å². The molecular formula is C20H20ClN3O3. The molecule has 1 amide bonds. The maximum Gasteiger partial charge on any atom is 0.227 e. The first-order valence-electron chi connectivity index (χ1n) is 8.57. The van der Waals surface area contributed by atoms with Crippen molar-refractivity contribution in [2.75, 3.05) is 18.5 Å². The summed E-state index contributed by atoms with van der Waals surface area (Å²) in [5.41, 5.74) is 0.680. The third-order valence-electron chi connectivity index (χ3n) is 3.66. The van der Waals surface area contributed by atoms with E-state index in [0.29, 0.717) is 35.4 Å². The maximum atomic E-state index is 12.1. The highest BCUT2D eigenvalue weighted by Gasteiger charge is 2.05. The van der Waals surface area contributed by atoms with Crippen molar-refractivity contribution in [2.24, 2.45) is 0 Å². The third-order valence-corrected chi connectivity index (χ3v) is 3.90. The van der Waals surface area contributed by atoms with Gasteiger partial charge < -0.3 is 14.8 Å². The van der Waals surface area contributed by atoms with E-state index in [4.69, 9.17) is 21.1 Å². The molecule has 0 bridgehead atoms. The fourth-order valence-electron chi connectivity index (χ4n) is 2.40. The van der Waals surface area contributed by atoms with Crippen LogP contribution in [0.1, 0.15) is 6.42 Å². The Bertz CT molecular complexity index is 868. The highest BCUT2D eigenvalue weighted by Crippen LogP contribution is 2.19. The van der Waals surface area contributed by atoms with Crippen LogP contribution < -0.4 is 14.8 Å². The summed E-state index contributed by atoms with van der Waals surface area (Å²) in [6.45, 7) is 1.42. The van der Waals surface area contributed by atoms with Gasteiger partial charge in [-0.3, -0.25) is 9.48 Å². The van der Waals surface area contributed by atoms with E-state index in [1.165, 1.54) is 0 Å². The minimum atomic E-state index is -0.134. The van der Waals surface area contributed by atoms with Crippen LogP contribution >= 0.6 is 11.6 Å². The van der Waals surface area contributed by atoms with Gasteiger partial charge in [-0.2, -0.15) is 5.10 Å². The number of ether oxygens (including phenoxy) is 2. The average molecular weight is 386 g/mol. The van der Waals surface area contributed by atoms with Gasteiger partial charge in [0.15, 0.2) is 0 Å². The molecule has 3 rings (SSSR count). The van der Waals surface area contributed by atoms with Crippen LogP contribution in [-0.2, 0) is 11.3 Å². The molecule has 3 aromatic rings. The Morgan fingerprint density at radius 1 is 1.04 bits per heavy atom. The molecule has 0 aliphatic rings. The molecule has 0 aliphatic heterocycles. The van der Waals surface area contributed by atoms with E-state index in [2.05, 4.69) is 10.4 Å². The fraction of sp³-hybridized carbons (Fsp3) is 0.200. The minimum Gasteiger partial charge on any atom is -0.493 e. The van der Waals surface area contributed by atoms with Crippen molar-refractivity contribution in [3.05, 3.63) is 72.0 Å². The van der Waals surface area contributed by atoms with Crippen molar-refractivity contribution in [2.45, 2.75) is 13.0 Å². The van der Waals surface area contributed by atoms with E-state index in [0.717, 1.165) is 0 Å². The molecular weight excluding hydrogens is 366 g/mol. The van der Waals surface area contributed by atoms with Crippen LogP contribution in [0.25, 0.3) is 0 Å². The number of benzene rings is 2. The van der Waals surface area contributed by atoms with Gasteiger partial charge in [-0.1, -0.05) is 23.7 Å². The second-order valence-corrected chi connectivity index (χ2v) is 6.19. The molecule has 0 radical (unpaired) electrons. The molecule has 0 saturated heterocycles. The summed E-state index contributed by atoms with van der Waals surface area (Å²) < 4.78 is 13.0. The summed E-state index contributed by atoms with van der Waals surface area (Å²) >= 11 is 5.90. The number of carbonyl (C=O) groups excluding carboxylic acids is 1. The normalized spacial score (nSPS) is 10.4. The van der Waals surface area contributed by atoms with Crippen molar-refractivity contribution in [1.29, 1.82) is 0 Å². The van der Waals surface area contributed by atoms with Gasteiger partial charge in [0.2, 0.25) is 5.91 Å². The number of nitrogens with one attached hydrogen (secondary N) is 1. The zero-order valence-electron chi connectivity index (χ0n) is 14.7. The van der Waals surface area contributed by atoms with Gasteiger partial charge in [-0.05, 0) is 36.4 Å². The summed E-state index contributed by atoms with van der Waals surface area (Å²) in [7, 11) is 0. The number of nitrogens with zero attached hydrogens (tertiary/aromatic N) is 2. The molecule has 0 atom stereocenters. The highest BCUT2D eigenvalue weighted by atomic mass is 35.5. The van der Waals surface area contributed by atoms with E-state index in [1.807, 2.05) is 30.5 Å². The smallest absolute Gasteiger partial charge is 0.227 e. The molecule has 0 aliphatic carbocycles. The van der Waals surface area contributed by atoms with Gasteiger partial charge in [0, 0.05) is 29.2 Å². The third kappa shape index (κ3) is 6.34. The largest absolute Gasteiger partial charge is 0.493 e. The number of aromatic nitrogens is 2. The number of rotatable bonds is 9. The van der Waals surface area contributed by atoms with Crippen molar-refractivity contribution < 1.29 is 14.3 Å². The first-order chi connectivity index (χ1) is 13.2. The molecule has 6 nitrogen and oxygen atoms in total. The maximum absolute atomic E-state index is 12.1. The lowest BCUT2D eigenvalue weighted by atomic mass is 10.3. The number of hydrogen-bond donors (Lipinski definition) is 1. The van der Waals surface area contributed by atoms with Crippen LogP contribution in [0.5, 0.6) is 11.5 Å². The molecule has 1 N–H and O–H groups in total. The van der Waals surface area contributed by atoms with Gasteiger partial charge >= 0.3 is 0 Å². The topological polar surface area (TPSA) is 65.4 Å². The monoisotopic (exact) mass is 385 g/mol. The number of halogens is 1. The lowest BCUT2D eigenvalue weighted by molar-refractivity contribution is -0.116. The predicted octanol–water partition coefficient (Wildman–Crippen LogP) is 4.02. The summed E-state index contributed by atoms with van der Waals surface area (Å²) in [6, 6.07) is 16.2. The second kappa shape index (κ2) is 9.64. The van der Waals surface area contributed by atoms with Gasteiger partial charge in [-0.25, -0.2) is 0 Å². The van der Waals surface area contributed by atoms with Crippen LogP contribution in [0.4, 0.5) is 5.69 Å². The second-order valence-electron chi connectivity index (χ2n) is 5.75. The first-order valence-corrected chi connectivity index (χ1v) is 8.95. The minimum absolute atomic E-state index is 0.134. The molecule has 1 heterocycles. The SMILES string of the molecule is O=C(CCOc1cccc(Cl)c1)Nc1cccc(OCCn2cccn2)c1. The molecule has 27 heavy (non-hydrogen) atoms. The summed E-state index contributed by atoms with van der Waals surface area (Å²) in [5, 5.41) is 7.56. The van der Waals surface area contributed by atoms with Gasteiger partial charge in [0.25, 0.3) is 0 Å².